The first-order chi connectivity index (χ1) is 15.0. The van der Waals surface area contributed by atoms with Crippen LogP contribution in [0, 0.1) is 0 Å². The third-order valence-corrected chi connectivity index (χ3v) is 7.59. The summed E-state index contributed by atoms with van der Waals surface area (Å²) >= 11 is 0. The van der Waals surface area contributed by atoms with Crippen molar-refractivity contribution in [3.8, 4) is 0 Å². The minimum atomic E-state index is -1.25. The van der Waals surface area contributed by atoms with Gasteiger partial charge in [-0.15, -0.1) is 0 Å². The van der Waals surface area contributed by atoms with Gasteiger partial charge in [0.1, 0.15) is 16.6 Å². The Kier molecular flexibility index (Phi) is 5.07. The van der Waals surface area contributed by atoms with Gasteiger partial charge in [-0.2, -0.15) is 0 Å². The molecule has 0 saturated carbocycles. The number of nitrogens with zero attached hydrogens (tertiary/aromatic N) is 4. The molecule has 2 saturated heterocycles. The highest BCUT2D eigenvalue weighted by Gasteiger charge is 2.46. The van der Waals surface area contributed by atoms with Gasteiger partial charge in [0, 0.05) is 57.2 Å². The van der Waals surface area contributed by atoms with E-state index in [-0.39, 0.29) is 23.9 Å². The highest BCUT2D eigenvalue weighted by molar-refractivity contribution is 7.82. The van der Waals surface area contributed by atoms with E-state index in [1.807, 2.05) is 33.5 Å². The first-order valence-electron chi connectivity index (χ1n) is 10.3. The second kappa shape index (κ2) is 7.90. The van der Waals surface area contributed by atoms with Crippen molar-refractivity contribution in [2.45, 2.75) is 36.9 Å². The summed E-state index contributed by atoms with van der Waals surface area (Å²) in [6, 6.07) is 11.4. The SMILES string of the molecule is CC(=O)N1CC2CC1CN2S(=O)c1ccc(CNC(=O)c2ccc3nccn3c2)cc1. The number of likely N-dealkylation sites (tertiary alicyclic amines) is 1. The second-order valence-corrected chi connectivity index (χ2v) is 9.44. The van der Waals surface area contributed by atoms with Gasteiger partial charge in [-0.25, -0.2) is 13.5 Å². The molecule has 160 valence electrons. The number of amides is 2. The molecule has 3 aromatic rings. The number of benzene rings is 1. The molecule has 0 radical (unpaired) electrons. The molecule has 9 heteroatoms. The van der Waals surface area contributed by atoms with Crippen LogP contribution in [0.1, 0.15) is 29.3 Å². The van der Waals surface area contributed by atoms with Gasteiger partial charge >= 0.3 is 0 Å². The van der Waals surface area contributed by atoms with Crippen molar-refractivity contribution in [1.29, 1.82) is 0 Å². The summed E-state index contributed by atoms with van der Waals surface area (Å²) in [6.45, 7) is 3.28. The summed E-state index contributed by atoms with van der Waals surface area (Å²) in [5.41, 5.74) is 2.29. The van der Waals surface area contributed by atoms with Crippen LogP contribution in [-0.4, -0.2) is 59.8 Å². The first-order valence-corrected chi connectivity index (χ1v) is 11.4. The van der Waals surface area contributed by atoms with Crippen molar-refractivity contribution in [3.05, 3.63) is 66.1 Å². The molecular formula is C22H23N5O3S. The van der Waals surface area contributed by atoms with E-state index in [1.54, 1.807) is 42.0 Å². The fourth-order valence-corrected chi connectivity index (χ4v) is 5.79. The van der Waals surface area contributed by atoms with Crippen LogP contribution in [0.15, 0.2) is 59.9 Å². The lowest BCUT2D eigenvalue weighted by Crippen LogP contribution is -2.48. The maximum atomic E-state index is 13.0. The average molecular weight is 438 g/mol. The Morgan fingerprint density at radius 3 is 2.65 bits per heavy atom. The fourth-order valence-electron chi connectivity index (χ4n) is 4.42. The number of hydrogen-bond acceptors (Lipinski definition) is 4. The Labute approximate surface area is 182 Å². The highest BCUT2D eigenvalue weighted by atomic mass is 32.2. The predicted molar refractivity (Wildman–Crippen MR) is 115 cm³/mol. The van der Waals surface area contributed by atoms with Gasteiger partial charge in [0.05, 0.1) is 10.5 Å². The van der Waals surface area contributed by atoms with Crippen molar-refractivity contribution in [1.82, 2.24) is 23.9 Å². The number of carbonyl (C=O) groups is 2. The summed E-state index contributed by atoms with van der Waals surface area (Å²) in [5.74, 6) is -0.0688. The van der Waals surface area contributed by atoms with Gasteiger partial charge in [-0.05, 0) is 36.2 Å². The number of rotatable bonds is 5. The first kappa shape index (κ1) is 19.9. The van der Waals surface area contributed by atoms with E-state index in [4.69, 9.17) is 0 Å². The Bertz CT molecular complexity index is 1180. The number of aromatic nitrogens is 2. The number of pyridine rings is 1. The molecule has 2 aliphatic heterocycles. The van der Waals surface area contributed by atoms with Crippen molar-refractivity contribution in [2.24, 2.45) is 0 Å². The van der Waals surface area contributed by atoms with E-state index in [0.29, 0.717) is 25.2 Å². The molecule has 1 N–H and O–H groups in total. The van der Waals surface area contributed by atoms with Gasteiger partial charge < -0.3 is 14.6 Å². The van der Waals surface area contributed by atoms with Crippen LogP contribution in [0.5, 0.6) is 0 Å². The minimum absolute atomic E-state index is 0.0919. The zero-order valence-electron chi connectivity index (χ0n) is 17.1. The summed E-state index contributed by atoms with van der Waals surface area (Å²) in [4.78, 5) is 30.9. The Morgan fingerprint density at radius 2 is 1.94 bits per heavy atom. The van der Waals surface area contributed by atoms with Gasteiger partial charge in [0.25, 0.3) is 5.91 Å². The lowest BCUT2D eigenvalue weighted by Gasteiger charge is -2.32. The van der Waals surface area contributed by atoms with Crippen molar-refractivity contribution in [3.63, 3.8) is 0 Å². The number of carbonyl (C=O) groups excluding carboxylic acids is 2. The monoisotopic (exact) mass is 437 g/mol. The molecule has 0 aliphatic carbocycles. The van der Waals surface area contributed by atoms with Crippen molar-refractivity contribution in [2.75, 3.05) is 13.1 Å². The standard InChI is InChI=1S/C22H23N5O3S/c1-15(28)26-13-19-10-18(26)14-27(19)31(30)20-5-2-16(3-6-20)11-24-22(29)17-4-7-21-23-8-9-25(21)12-17/h2-9,12,18-19H,10-11,13-14H2,1H3,(H,24,29). The normalized spacial score (nSPS) is 21.5. The van der Waals surface area contributed by atoms with Gasteiger partial charge in [-0.3, -0.25) is 9.59 Å². The number of fused-ring (bicyclic) bond motifs is 3. The molecule has 3 unspecified atom stereocenters. The molecule has 5 rings (SSSR count). The van der Waals surface area contributed by atoms with Crippen LogP contribution in [0.25, 0.3) is 5.65 Å². The van der Waals surface area contributed by atoms with Gasteiger partial charge in [-0.1, -0.05) is 12.1 Å². The molecule has 2 fully saturated rings. The molecule has 2 bridgehead atoms. The topological polar surface area (TPSA) is 87.0 Å². The van der Waals surface area contributed by atoms with E-state index in [2.05, 4.69) is 10.3 Å². The lowest BCUT2D eigenvalue weighted by molar-refractivity contribution is -0.130. The minimum Gasteiger partial charge on any atom is -0.348 e. The molecule has 3 atom stereocenters. The Balaban J connectivity index is 1.19. The number of nitrogens with one attached hydrogen (secondary N) is 1. The van der Waals surface area contributed by atoms with Crippen LogP contribution in [0.3, 0.4) is 0 Å². The maximum absolute atomic E-state index is 13.0. The van der Waals surface area contributed by atoms with E-state index in [9.17, 15) is 13.8 Å². The van der Waals surface area contributed by atoms with Crippen molar-refractivity contribution < 1.29 is 13.8 Å². The molecule has 2 aliphatic rings. The molecule has 2 amide bonds. The smallest absolute Gasteiger partial charge is 0.253 e. The van der Waals surface area contributed by atoms with Crippen LogP contribution in [-0.2, 0) is 22.3 Å². The van der Waals surface area contributed by atoms with Crippen LogP contribution >= 0.6 is 0 Å². The average Bonchev–Trinajstić information content (AvgIpc) is 3.52. The van der Waals surface area contributed by atoms with E-state index < -0.39 is 11.0 Å². The molecule has 1 aromatic carbocycles. The molecule has 8 nitrogen and oxygen atoms in total. The third kappa shape index (κ3) is 3.75. The zero-order valence-corrected chi connectivity index (χ0v) is 17.9. The van der Waals surface area contributed by atoms with Gasteiger partial charge in [0.2, 0.25) is 5.91 Å². The molecule has 2 aromatic heterocycles. The summed E-state index contributed by atoms with van der Waals surface area (Å²) in [7, 11) is -1.25. The Hall–Kier alpha value is -3.04. The zero-order chi connectivity index (χ0) is 21.5. The molecule has 31 heavy (non-hydrogen) atoms. The van der Waals surface area contributed by atoms with E-state index in [0.717, 1.165) is 22.5 Å². The van der Waals surface area contributed by atoms with Gasteiger partial charge in [0.15, 0.2) is 0 Å². The Morgan fingerprint density at radius 1 is 1.13 bits per heavy atom. The summed E-state index contributed by atoms with van der Waals surface area (Å²) < 4.78 is 16.8. The summed E-state index contributed by atoms with van der Waals surface area (Å²) in [5, 5.41) is 2.92. The predicted octanol–water partition coefficient (Wildman–Crippen LogP) is 1.59. The van der Waals surface area contributed by atoms with Crippen LogP contribution in [0.2, 0.25) is 0 Å². The number of imidazole rings is 1. The van der Waals surface area contributed by atoms with Crippen molar-refractivity contribution >= 4 is 28.4 Å². The largest absolute Gasteiger partial charge is 0.348 e. The second-order valence-electron chi connectivity index (χ2n) is 8.00. The van der Waals surface area contributed by atoms with E-state index in [1.165, 1.54) is 0 Å². The molecule has 4 heterocycles. The summed E-state index contributed by atoms with van der Waals surface area (Å²) in [6.07, 6.45) is 6.13. The van der Waals surface area contributed by atoms with E-state index >= 15 is 0 Å². The highest BCUT2D eigenvalue weighted by Crippen LogP contribution is 2.33. The lowest BCUT2D eigenvalue weighted by atomic mass is 10.2. The number of piperazine rings is 1. The maximum Gasteiger partial charge on any atom is 0.253 e. The molecule has 0 spiro atoms. The quantitative estimate of drug-likeness (QED) is 0.657. The molecular weight excluding hydrogens is 414 g/mol. The number of hydrogen-bond donors (Lipinski definition) is 1. The fraction of sp³-hybridized carbons (Fsp3) is 0.318. The third-order valence-electron chi connectivity index (χ3n) is 6.04. The van der Waals surface area contributed by atoms with Crippen LogP contribution < -0.4 is 5.32 Å². The van der Waals surface area contributed by atoms with Crippen LogP contribution in [0.4, 0.5) is 0 Å².